The molecule has 2 heterocycles. The Morgan fingerprint density at radius 2 is 2.38 bits per heavy atom. The lowest BCUT2D eigenvalue weighted by molar-refractivity contribution is 0.0340. The molecule has 1 aromatic rings. The van der Waals surface area contributed by atoms with Crippen LogP contribution in [-0.2, 0) is 0 Å². The highest BCUT2D eigenvalue weighted by atomic mass is 79.9. The number of halogens is 2. The minimum atomic E-state index is -0.610. The Hall–Kier alpha value is 0.0700. The second kappa shape index (κ2) is 3.67. The lowest BCUT2D eigenvalue weighted by Gasteiger charge is -2.38. The molecule has 2 rings (SSSR count). The van der Waals surface area contributed by atoms with Crippen LogP contribution < -0.4 is 0 Å². The van der Waals surface area contributed by atoms with Gasteiger partial charge in [0.15, 0.2) is 0 Å². The van der Waals surface area contributed by atoms with Gasteiger partial charge in [0.1, 0.15) is 6.17 Å². The van der Waals surface area contributed by atoms with Crippen molar-refractivity contribution in [1.29, 1.82) is 0 Å². The first-order valence-corrected chi connectivity index (χ1v) is 5.96. The van der Waals surface area contributed by atoms with Gasteiger partial charge in [-0.05, 0) is 34.3 Å². The molecule has 1 aliphatic heterocycles. The third kappa shape index (κ3) is 1.80. The molecule has 1 saturated heterocycles. The lowest BCUT2D eigenvalue weighted by atomic mass is 10.1. The Labute approximate surface area is 89.7 Å². The van der Waals surface area contributed by atoms with Crippen molar-refractivity contribution < 1.29 is 4.39 Å². The minimum absolute atomic E-state index is 0.348. The molecule has 4 heteroatoms. The van der Waals surface area contributed by atoms with Crippen molar-refractivity contribution in [3.05, 3.63) is 20.8 Å². The number of hydrogen-bond donors (Lipinski definition) is 0. The fourth-order valence-electron chi connectivity index (χ4n) is 1.54. The van der Waals surface area contributed by atoms with E-state index in [9.17, 15) is 4.39 Å². The van der Waals surface area contributed by atoms with Crippen molar-refractivity contribution in [2.75, 3.05) is 13.1 Å². The highest BCUT2D eigenvalue weighted by Gasteiger charge is 2.31. The van der Waals surface area contributed by atoms with Crippen LogP contribution in [0.1, 0.15) is 17.8 Å². The average molecular weight is 264 g/mol. The largest absolute Gasteiger partial charge is 0.290 e. The maximum absolute atomic E-state index is 12.6. The summed E-state index contributed by atoms with van der Waals surface area (Å²) in [5.74, 6) is 0. The normalized spacial score (nSPS) is 21.5. The zero-order valence-corrected chi connectivity index (χ0v) is 9.74. The molecule has 1 fully saturated rings. The van der Waals surface area contributed by atoms with E-state index in [0.29, 0.717) is 19.1 Å². The van der Waals surface area contributed by atoms with Crippen LogP contribution >= 0.6 is 27.3 Å². The Bertz CT molecular complexity index is 296. The summed E-state index contributed by atoms with van der Waals surface area (Å²) in [5.41, 5.74) is 0. The second-order valence-electron chi connectivity index (χ2n) is 3.36. The lowest BCUT2D eigenvalue weighted by Crippen LogP contribution is -2.49. The Kier molecular flexibility index (Phi) is 2.72. The summed E-state index contributed by atoms with van der Waals surface area (Å²) < 4.78 is 13.8. The third-order valence-electron chi connectivity index (χ3n) is 2.44. The Morgan fingerprint density at radius 3 is 2.85 bits per heavy atom. The van der Waals surface area contributed by atoms with E-state index in [0.717, 1.165) is 4.47 Å². The molecule has 0 bridgehead atoms. The first-order valence-electron chi connectivity index (χ1n) is 4.29. The number of rotatable bonds is 2. The van der Waals surface area contributed by atoms with Crippen molar-refractivity contribution in [1.82, 2.24) is 4.90 Å². The second-order valence-corrected chi connectivity index (χ2v) is 5.16. The van der Waals surface area contributed by atoms with Gasteiger partial charge in [0.2, 0.25) is 0 Å². The van der Waals surface area contributed by atoms with Crippen molar-refractivity contribution in [3.63, 3.8) is 0 Å². The van der Waals surface area contributed by atoms with Crippen LogP contribution in [0.4, 0.5) is 4.39 Å². The van der Waals surface area contributed by atoms with Crippen LogP contribution in [0.15, 0.2) is 15.9 Å². The predicted molar refractivity (Wildman–Crippen MR) is 56.9 cm³/mol. The van der Waals surface area contributed by atoms with Crippen LogP contribution in [0.25, 0.3) is 0 Å². The monoisotopic (exact) mass is 263 g/mol. The molecule has 0 aliphatic carbocycles. The van der Waals surface area contributed by atoms with Gasteiger partial charge in [-0.2, -0.15) is 0 Å². The van der Waals surface area contributed by atoms with Crippen LogP contribution in [-0.4, -0.2) is 24.2 Å². The first-order chi connectivity index (χ1) is 6.18. The van der Waals surface area contributed by atoms with Crippen LogP contribution in [0.5, 0.6) is 0 Å². The number of likely N-dealkylation sites (tertiary alicyclic amines) is 1. The number of thiophene rings is 1. The van der Waals surface area contributed by atoms with Crippen LogP contribution in [0, 0.1) is 0 Å². The van der Waals surface area contributed by atoms with E-state index in [4.69, 9.17) is 0 Å². The van der Waals surface area contributed by atoms with Gasteiger partial charge in [0.05, 0.1) is 0 Å². The maximum atomic E-state index is 12.6. The molecule has 72 valence electrons. The molecular formula is C9H11BrFNS. The smallest absolute Gasteiger partial charge is 0.125 e. The third-order valence-corrected chi connectivity index (χ3v) is 4.48. The zero-order valence-electron chi connectivity index (χ0n) is 7.34. The van der Waals surface area contributed by atoms with Gasteiger partial charge in [0, 0.05) is 28.5 Å². The van der Waals surface area contributed by atoms with E-state index >= 15 is 0 Å². The van der Waals surface area contributed by atoms with Crippen molar-refractivity contribution in [2.24, 2.45) is 0 Å². The van der Waals surface area contributed by atoms with Crippen LogP contribution in [0.3, 0.4) is 0 Å². The molecule has 1 aromatic heterocycles. The quantitative estimate of drug-likeness (QED) is 0.792. The van der Waals surface area contributed by atoms with E-state index in [-0.39, 0.29) is 0 Å². The topological polar surface area (TPSA) is 3.24 Å². The zero-order chi connectivity index (χ0) is 9.42. The molecule has 1 unspecified atom stereocenters. The summed E-state index contributed by atoms with van der Waals surface area (Å²) in [6.07, 6.45) is -0.610. The van der Waals surface area contributed by atoms with Gasteiger partial charge >= 0.3 is 0 Å². The molecule has 0 spiro atoms. The highest BCUT2D eigenvalue weighted by Crippen LogP contribution is 2.34. The van der Waals surface area contributed by atoms with Crippen molar-refractivity contribution in [2.45, 2.75) is 19.1 Å². The van der Waals surface area contributed by atoms with E-state index < -0.39 is 6.17 Å². The number of alkyl halides is 1. The van der Waals surface area contributed by atoms with Crippen molar-refractivity contribution >= 4 is 27.3 Å². The Morgan fingerprint density at radius 1 is 1.69 bits per heavy atom. The van der Waals surface area contributed by atoms with E-state index in [1.807, 2.05) is 6.07 Å². The summed E-state index contributed by atoms with van der Waals surface area (Å²) in [6, 6.07) is 2.39. The summed E-state index contributed by atoms with van der Waals surface area (Å²) in [7, 11) is 0. The molecule has 1 nitrogen and oxygen atoms in total. The minimum Gasteiger partial charge on any atom is -0.290 e. The van der Waals surface area contributed by atoms with Gasteiger partial charge < -0.3 is 0 Å². The van der Waals surface area contributed by atoms with E-state index in [1.165, 1.54) is 4.88 Å². The molecule has 0 saturated carbocycles. The summed E-state index contributed by atoms with van der Waals surface area (Å²) in [5, 5.41) is 2.06. The van der Waals surface area contributed by atoms with Gasteiger partial charge in [-0.3, -0.25) is 4.90 Å². The molecular weight excluding hydrogens is 253 g/mol. The van der Waals surface area contributed by atoms with E-state index in [1.54, 1.807) is 11.3 Å². The molecule has 1 atom stereocenters. The molecule has 0 aromatic carbocycles. The molecule has 1 aliphatic rings. The fourth-order valence-corrected chi connectivity index (χ4v) is 3.34. The molecule has 13 heavy (non-hydrogen) atoms. The van der Waals surface area contributed by atoms with Crippen LogP contribution in [0.2, 0.25) is 0 Å². The molecule has 0 amide bonds. The average Bonchev–Trinajstić information content (AvgIpc) is 2.44. The van der Waals surface area contributed by atoms with Gasteiger partial charge in [0.25, 0.3) is 0 Å². The Balaban J connectivity index is 2.05. The number of hydrogen-bond acceptors (Lipinski definition) is 2. The van der Waals surface area contributed by atoms with Crippen molar-refractivity contribution in [3.8, 4) is 0 Å². The first kappa shape index (κ1) is 9.62. The van der Waals surface area contributed by atoms with Gasteiger partial charge in [-0.1, -0.05) is 0 Å². The number of nitrogens with zero attached hydrogens (tertiary/aromatic N) is 1. The molecule has 0 N–H and O–H groups in total. The SMILES string of the molecule is CC(c1sccc1Br)N1CC(F)C1. The predicted octanol–water partition coefficient (Wildman–Crippen LogP) is 3.23. The highest BCUT2D eigenvalue weighted by molar-refractivity contribution is 9.10. The summed E-state index contributed by atoms with van der Waals surface area (Å²) in [6.45, 7) is 3.31. The molecule has 0 radical (unpaired) electrons. The standard InChI is InChI=1S/C9H11BrFNS/c1-6(12-4-7(11)5-12)9-8(10)2-3-13-9/h2-3,6-7H,4-5H2,1H3. The summed E-state index contributed by atoms with van der Waals surface area (Å²) >= 11 is 5.22. The van der Waals surface area contributed by atoms with Gasteiger partial charge in [-0.15, -0.1) is 11.3 Å². The van der Waals surface area contributed by atoms with E-state index in [2.05, 4.69) is 33.1 Å². The fraction of sp³-hybridized carbons (Fsp3) is 0.556. The maximum Gasteiger partial charge on any atom is 0.125 e. The summed E-state index contributed by atoms with van der Waals surface area (Å²) in [4.78, 5) is 3.45. The van der Waals surface area contributed by atoms with Gasteiger partial charge in [-0.25, -0.2) is 4.39 Å².